The summed E-state index contributed by atoms with van der Waals surface area (Å²) in [5, 5.41) is 4.38. The third-order valence-corrected chi connectivity index (χ3v) is 4.59. The summed E-state index contributed by atoms with van der Waals surface area (Å²) in [7, 11) is 2.09. The van der Waals surface area contributed by atoms with Crippen LogP contribution in [0.2, 0.25) is 0 Å². The summed E-state index contributed by atoms with van der Waals surface area (Å²) < 4.78 is 16.0. The van der Waals surface area contributed by atoms with Crippen molar-refractivity contribution in [2.75, 3.05) is 20.1 Å². The number of aromatic nitrogens is 4. The van der Waals surface area contributed by atoms with Crippen LogP contribution in [0.15, 0.2) is 31.1 Å². The first-order chi connectivity index (χ1) is 12.1. The maximum absolute atomic E-state index is 14.0. The second-order valence-electron chi connectivity index (χ2n) is 6.97. The van der Waals surface area contributed by atoms with Crippen LogP contribution in [0.4, 0.5) is 4.39 Å². The Bertz CT molecular complexity index is 646. The molecular weight excluding hydrogens is 319 g/mol. The fraction of sp³-hybridized carbons (Fsp3) is 0.611. The maximum atomic E-state index is 14.0. The lowest BCUT2D eigenvalue weighted by atomic mass is 10.2. The fourth-order valence-electron chi connectivity index (χ4n) is 3.53. The highest BCUT2D eigenvalue weighted by Crippen LogP contribution is 2.23. The van der Waals surface area contributed by atoms with Crippen LogP contribution >= 0.6 is 0 Å². The molecule has 3 rings (SSSR count). The molecule has 1 saturated heterocycles. The Morgan fingerprint density at radius 3 is 2.80 bits per heavy atom. The largest absolute Gasteiger partial charge is 0.300 e. The molecule has 1 aliphatic rings. The SMILES string of the molecule is CCCn1cc(CN(C)C[C@@H]2C[C@H](F)CN2Cc2cncnc2)cn1. The van der Waals surface area contributed by atoms with Gasteiger partial charge in [0, 0.05) is 68.5 Å². The van der Waals surface area contributed by atoms with Crippen molar-refractivity contribution in [2.24, 2.45) is 0 Å². The molecule has 7 heteroatoms. The third kappa shape index (κ3) is 5.06. The zero-order valence-corrected chi connectivity index (χ0v) is 15.1. The molecular formula is C18H27FN6. The van der Waals surface area contributed by atoms with E-state index in [4.69, 9.17) is 0 Å². The van der Waals surface area contributed by atoms with Gasteiger partial charge in [-0.15, -0.1) is 0 Å². The van der Waals surface area contributed by atoms with Crippen LogP contribution in [0.5, 0.6) is 0 Å². The first-order valence-electron chi connectivity index (χ1n) is 8.96. The van der Waals surface area contributed by atoms with Gasteiger partial charge in [-0.25, -0.2) is 14.4 Å². The molecule has 0 aliphatic carbocycles. The minimum Gasteiger partial charge on any atom is -0.300 e. The van der Waals surface area contributed by atoms with E-state index in [2.05, 4.69) is 45.0 Å². The normalized spacial score (nSPS) is 21.3. The molecule has 0 spiro atoms. The van der Waals surface area contributed by atoms with E-state index in [1.807, 2.05) is 10.9 Å². The molecule has 0 saturated carbocycles. The molecule has 0 amide bonds. The lowest BCUT2D eigenvalue weighted by Gasteiger charge is -2.28. The third-order valence-electron chi connectivity index (χ3n) is 4.59. The van der Waals surface area contributed by atoms with Crippen molar-refractivity contribution < 1.29 is 4.39 Å². The van der Waals surface area contributed by atoms with Gasteiger partial charge < -0.3 is 4.90 Å². The van der Waals surface area contributed by atoms with Crippen molar-refractivity contribution in [3.05, 3.63) is 42.2 Å². The van der Waals surface area contributed by atoms with Crippen molar-refractivity contribution in [1.82, 2.24) is 29.5 Å². The Kier molecular flexibility index (Phi) is 6.09. The topological polar surface area (TPSA) is 50.1 Å². The van der Waals surface area contributed by atoms with E-state index in [-0.39, 0.29) is 6.04 Å². The highest BCUT2D eigenvalue weighted by Gasteiger charge is 2.32. The molecule has 0 N–H and O–H groups in total. The van der Waals surface area contributed by atoms with Gasteiger partial charge in [-0.3, -0.25) is 9.58 Å². The zero-order chi connectivity index (χ0) is 17.6. The van der Waals surface area contributed by atoms with E-state index >= 15 is 0 Å². The van der Waals surface area contributed by atoms with Crippen LogP contribution in [0.1, 0.15) is 30.9 Å². The number of alkyl halides is 1. The van der Waals surface area contributed by atoms with Crippen molar-refractivity contribution in [3.63, 3.8) is 0 Å². The van der Waals surface area contributed by atoms with E-state index in [1.165, 1.54) is 11.9 Å². The predicted octanol–water partition coefficient (Wildman–Crippen LogP) is 2.13. The number of halogens is 1. The van der Waals surface area contributed by atoms with Gasteiger partial charge in [-0.1, -0.05) is 6.92 Å². The minimum absolute atomic E-state index is 0.214. The molecule has 136 valence electrons. The summed E-state index contributed by atoms with van der Waals surface area (Å²) in [5.74, 6) is 0. The Morgan fingerprint density at radius 2 is 2.04 bits per heavy atom. The smallest absolute Gasteiger partial charge is 0.115 e. The van der Waals surface area contributed by atoms with Crippen molar-refractivity contribution >= 4 is 0 Å². The molecule has 3 heterocycles. The predicted molar refractivity (Wildman–Crippen MR) is 94.6 cm³/mol. The number of likely N-dealkylation sites (tertiary alicyclic amines) is 1. The highest BCUT2D eigenvalue weighted by molar-refractivity contribution is 5.05. The Hall–Kier alpha value is -1.86. The summed E-state index contributed by atoms with van der Waals surface area (Å²) in [6.45, 7) is 5.96. The van der Waals surface area contributed by atoms with Crippen molar-refractivity contribution in [1.29, 1.82) is 0 Å². The number of rotatable bonds is 8. The van der Waals surface area contributed by atoms with Crippen molar-refractivity contribution in [2.45, 2.75) is 51.6 Å². The minimum atomic E-state index is -0.754. The summed E-state index contributed by atoms with van der Waals surface area (Å²) in [6, 6.07) is 0.214. The van der Waals surface area contributed by atoms with E-state index in [0.717, 1.165) is 31.6 Å². The van der Waals surface area contributed by atoms with Gasteiger partial charge in [0.2, 0.25) is 0 Å². The van der Waals surface area contributed by atoms with Gasteiger partial charge in [0.15, 0.2) is 0 Å². The number of hydrogen-bond acceptors (Lipinski definition) is 5. The molecule has 0 unspecified atom stereocenters. The fourth-order valence-corrected chi connectivity index (χ4v) is 3.53. The van der Waals surface area contributed by atoms with E-state index in [1.54, 1.807) is 12.4 Å². The lowest BCUT2D eigenvalue weighted by molar-refractivity contribution is 0.180. The average Bonchev–Trinajstić information content (AvgIpc) is 3.15. The first-order valence-corrected chi connectivity index (χ1v) is 8.96. The van der Waals surface area contributed by atoms with Crippen LogP contribution in [-0.2, 0) is 19.6 Å². The Labute approximate surface area is 148 Å². The second-order valence-corrected chi connectivity index (χ2v) is 6.97. The monoisotopic (exact) mass is 346 g/mol. The molecule has 0 radical (unpaired) electrons. The average molecular weight is 346 g/mol. The molecule has 2 aromatic heterocycles. The molecule has 25 heavy (non-hydrogen) atoms. The number of likely N-dealkylation sites (N-methyl/N-ethyl adjacent to an activating group) is 1. The zero-order valence-electron chi connectivity index (χ0n) is 15.1. The summed E-state index contributed by atoms with van der Waals surface area (Å²) >= 11 is 0. The first kappa shape index (κ1) is 17.9. The Balaban J connectivity index is 1.55. The summed E-state index contributed by atoms with van der Waals surface area (Å²) in [6.07, 6.45) is 10.1. The van der Waals surface area contributed by atoms with E-state index in [0.29, 0.717) is 19.5 Å². The van der Waals surface area contributed by atoms with E-state index in [9.17, 15) is 4.39 Å². The van der Waals surface area contributed by atoms with Crippen molar-refractivity contribution in [3.8, 4) is 0 Å². The summed E-state index contributed by atoms with van der Waals surface area (Å²) in [5.41, 5.74) is 2.24. The van der Waals surface area contributed by atoms with Crippen LogP contribution in [0.25, 0.3) is 0 Å². The van der Waals surface area contributed by atoms with E-state index < -0.39 is 6.17 Å². The standard InChI is InChI=1S/C18H27FN6/c1-3-4-25-11-16(8-22-25)9-23(2)13-18-5-17(19)12-24(18)10-15-6-20-14-21-7-15/h6-8,11,14,17-18H,3-5,9-10,12-13H2,1-2H3/t17-,18-/m0/s1. The Morgan fingerprint density at radius 1 is 1.24 bits per heavy atom. The van der Waals surface area contributed by atoms with Gasteiger partial charge in [-0.2, -0.15) is 5.10 Å². The van der Waals surface area contributed by atoms with Gasteiger partial charge in [0.05, 0.1) is 6.20 Å². The quantitative estimate of drug-likeness (QED) is 0.733. The van der Waals surface area contributed by atoms with Gasteiger partial charge in [0.25, 0.3) is 0 Å². The van der Waals surface area contributed by atoms with Gasteiger partial charge in [-0.05, 0) is 19.9 Å². The lowest BCUT2D eigenvalue weighted by Crippen LogP contribution is -2.38. The molecule has 1 fully saturated rings. The maximum Gasteiger partial charge on any atom is 0.115 e. The highest BCUT2D eigenvalue weighted by atomic mass is 19.1. The molecule has 2 atom stereocenters. The van der Waals surface area contributed by atoms with Crippen LogP contribution in [0.3, 0.4) is 0 Å². The summed E-state index contributed by atoms with van der Waals surface area (Å²) in [4.78, 5) is 12.6. The molecule has 0 bridgehead atoms. The number of hydrogen-bond donors (Lipinski definition) is 0. The molecule has 0 aromatic carbocycles. The molecule has 1 aliphatic heterocycles. The number of nitrogens with zero attached hydrogens (tertiary/aromatic N) is 6. The molecule has 6 nitrogen and oxygen atoms in total. The van der Waals surface area contributed by atoms with Gasteiger partial charge in [0.1, 0.15) is 12.5 Å². The molecule has 2 aromatic rings. The van der Waals surface area contributed by atoms with Crippen LogP contribution in [0, 0.1) is 0 Å². The van der Waals surface area contributed by atoms with Crippen LogP contribution in [-0.4, -0.2) is 61.9 Å². The second kappa shape index (κ2) is 8.49. The van der Waals surface area contributed by atoms with Crippen LogP contribution < -0.4 is 0 Å². The number of aryl methyl sites for hydroxylation is 1. The van der Waals surface area contributed by atoms with Gasteiger partial charge >= 0.3 is 0 Å².